The number of benzene rings is 2. The summed E-state index contributed by atoms with van der Waals surface area (Å²) in [7, 11) is 0. The molecule has 1 atom stereocenters. The molecule has 1 heterocycles. The minimum Gasteiger partial charge on any atom is -0.295 e. The van der Waals surface area contributed by atoms with Crippen LogP contribution in [0.4, 0.5) is 18.9 Å². The first-order chi connectivity index (χ1) is 11.3. The number of nitrogens with zero attached hydrogens (tertiary/aromatic N) is 1. The molecule has 2 aromatic carbocycles. The lowest BCUT2D eigenvalue weighted by Gasteiger charge is -2.25. The predicted octanol–water partition coefficient (Wildman–Crippen LogP) is 5.55. The smallest absolute Gasteiger partial charge is 0.295 e. The molecule has 1 aliphatic heterocycles. The first kappa shape index (κ1) is 17.4. The highest BCUT2D eigenvalue weighted by Crippen LogP contribution is 2.43. The number of anilines is 1. The Morgan fingerprint density at radius 2 is 1.96 bits per heavy atom. The van der Waals surface area contributed by atoms with Crippen molar-refractivity contribution < 1.29 is 18.0 Å². The third kappa shape index (κ3) is 3.32. The molecule has 24 heavy (non-hydrogen) atoms. The van der Waals surface area contributed by atoms with Gasteiger partial charge in [-0.25, -0.2) is 0 Å². The first-order valence-electron chi connectivity index (χ1n) is 7.14. The van der Waals surface area contributed by atoms with Gasteiger partial charge >= 0.3 is 6.18 Å². The Kier molecular flexibility index (Phi) is 4.66. The van der Waals surface area contributed by atoms with Crippen LogP contribution in [0.1, 0.15) is 22.1 Å². The second kappa shape index (κ2) is 6.44. The van der Waals surface area contributed by atoms with Crippen molar-refractivity contribution in [3.63, 3.8) is 0 Å². The second-order valence-electron chi connectivity index (χ2n) is 5.48. The number of alkyl halides is 3. The Morgan fingerprint density at radius 3 is 2.62 bits per heavy atom. The molecule has 0 saturated carbocycles. The fourth-order valence-electron chi connectivity index (χ4n) is 2.60. The monoisotopic (exact) mass is 415 g/mol. The molecular weight excluding hydrogens is 403 g/mol. The molecule has 1 aliphatic rings. The molecular formula is C17H13BrF3NOS. The van der Waals surface area contributed by atoms with Crippen LogP contribution in [0.5, 0.6) is 0 Å². The van der Waals surface area contributed by atoms with Gasteiger partial charge in [-0.2, -0.15) is 13.2 Å². The van der Waals surface area contributed by atoms with Crippen molar-refractivity contribution in [1.82, 2.24) is 0 Å². The quantitative estimate of drug-likeness (QED) is 0.640. The van der Waals surface area contributed by atoms with E-state index in [4.69, 9.17) is 0 Å². The number of hydrogen-bond acceptors (Lipinski definition) is 2. The Morgan fingerprint density at radius 1 is 1.21 bits per heavy atom. The summed E-state index contributed by atoms with van der Waals surface area (Å²) in [6.07, 6.45) is -4.40. The molecule has 1 saturated heterocycles. The number of rotatable bonds is 2. The molecule has 7 heteroatoms. The topological polar surface area (TPSA) is 20.3 Å². The Hall–Kier alpha value is -1.47. The minimum absolute atomic E-state index is 0.107. The van der Waals surface area contributed by atoms with Gasteiger partial charge < -0.3 is 0 Å². The molecule has 1 fully saturated rings. The fourth-order valence-corrected chi connectivity index (χ4v) is 4.01. The van der Waals surface area contributed by atoms with Gasteiger partial charge in [-0.1, -0.05) is 28.1 Å². The zero-order valence-electron chi connectivity index (χ0n) is 12.6. The lowest BCUT2D eigenvalue weighted by Crippen LogP contribution is -2.28. The standard InChI is InChI=1S/C17H13BrF3NOS/c1-10-7-13(5-6-14(10)18)22-15(23)9-24-16(22)11-3-2-4-12(8-11)17(19,20)21/h2-8,16H,9H2,1H3/t16-/m0/s1. The Labute approximate surface area is 150 Å². The normalized spacial score (nSPS) is 18.3. The average molecular weight is 416 g/mol. The molecule has 2 aromatic rings. The van der Waals surface area contributed by atoms with Gasteiger partial charge in [0.05, 0.1) is 11.3 Å². The van der Waals surface area contributed by atoms with Crippen LogP contribution in [0.25, 0.3) is 0 Å². The van der Waals surface area contributed by atoms with Crippen LogP contribution in [0.3, 0.4) is 0 Å². The van der Waals surface area contributed by atoms with E-state index in [0.717, 1.165) is 22.2 Å². The number of amides is 1. The van der Waals surface area contributed by atoms with E-state index in [0.29, 0.717) is 11.3 Å². The summed E-state index contributed by atoms with van der Waals surface area (Å²) < 4.78 is 39.8. The number of carbonyl (C=O) groups is 1. The molecule has 0 spiro atoms. The number of halogens is 4. The van der Waals surface area contributed by atoms with Crippen LogP contribution in [0, 0.1) is 6.92 Å². The maximum absolute atomic E-state index is 13.0. The van der Waals surface area contributed by atoms with Crippen molar-refractivity contribution in [1.29, 1.82) is 0 Å². The van der Waals surface area contributed by atoms with Crippen LogP contribution < -0.4 is 4.90 Å². The van der Waals surface area contributed by atoms with Gasteiger partial charge in [0, 0.05) is 10.2 Å². The molecule has 0 N–H and O–H groups in total. The fraction of sp³-hybridized carbons (Fsp3) is 0.235. The highest BCUT2D eigenvalue weighted by atomic mass is 79.9. The summed E-state index contributed by atoms with van der Waals surface area (Å²) in [4.78, 5) is 13.9. The molecule has 2 nitrogen and oxygen atoms in total. The van der Waals surface area contributed by atoms with E-state index in [-0.39, 0.29) is 11.7 Å². The Balaban J connectivity index is 2.01. The van der Waals surface area contributed by atoms with Crippen molar-refractivity contribution in [3.8, 4) is 0 Å². The van der Waals surface area contributed by atoms with Crippen LogP contribution in [-0.2, 0) is 11.0 Å². The number of thioether (sulfide) groups is 1. The summed E-state index contributed by atoms with van der Waals surface area (Å²) in [6.45, 7) is 1.90. The van der Waals surface area contributed by atoms with Gasteiger partial charge in [0.1, 0.15) is 5.37 Å². The third-order valence-electron chi connectivity index (χ3n) is 3.79. The van der Waals surface area contributed by atoms with Crippen molar-refractivity contribution in [2.24, 2.45) is 0 Å². The van der Waals surface area contributed by atoms with Crippen LogP contribution in [0.2, 0.25) is 0 Å². The van der Waals surface area contributed by atoms with Crippen LogP contribution >= 0.6 is 27.7 Å². The summed E-state index contributed by atoms with van der Waals surface area (Å²) in [5, 5.41) is -0.458. The molecule has 1 amide bonds. The molecule has 0 unspecified atom stereocenters. The summed E-state index contributed by atoms with van der Waals surface area (Å²) in [5.74, 6) is 0.139. The van der Waals surface area contributed by atoms with Crippen LogP contribution in [0.15, 0.2) is 46.9 Å². The molecule has 0 aromatic heterocycles. The summed E-state index contributed by atoms with van der Waals surface area (Å²) >= 11 is 4.74. The highest BCUT2D eigenvalue weighted by Gasteiger charge is 2.36. The van der Waals surface area contributed by atoms with E-state index in [1.165, 1.54) is 17.8 Å². The second-order valence-corrected chi connectivity index (χ2v) is 7.41. The van der Waals surface area contributed by atoms with E-state index in [1.807, 2.05) is 19.1 Å². The maximum atomic E-state index is 13.0. The summed E-state index contributed by atoms with van der Waals surface area (Å²) in [6, 6.07) is 10.7. The minimum atomic E-state index is -4.40. The molecule has 0 bridgehead atoms. The average Bonchev–Trinajstić information content (AvgIpc) is 2.91. The van der Waals surface area contributed by atoms with E-state index >= 15 is 0 Å². The molecule has 3 rings (SSSR count). The zero-order chi connectivity index (χ0) is 17.5. The van der Waals surface area contributed by atoms with Gasteiger partial charge in [-0.15, -0.1) is 11.8 Å². The summed E-state index contributed by atoms with van der Waals surface area (Å²) in [5.41, 5.74) is 1.42. The predicted molar refractivity (Wildman–Crippen MR) is 93.0 cm³/mol. The molecule has 0 aliphatic carbocycles. The largest absolute Gasteiger partial charge is 0.416 e. The van der Waals surface area contributed by atoms with Gasteiger partial charge in [-0.3, -0.25) is 9.69 Å². The number of carbonyl (C=O) groups excluding carboxylic acids is 1. The zero-order valence-corrected chi connectivity index (χ0v) is 15.0. The highest BCUT2D eigenvalue weighted by molar-refractivity contribution is 9.10. The van der Waals surface area contributed by atoms with Crippen molar-refractivity contribution in [2.75, 3.05) is 10.7 Å². The van der Waals surface area contributed by atoms with Gasteiger partial charge in [0.25, 0.3) is 0 Å². The Bertz CT molecular complexity index is 794. The van der Waals surface area contributed by atoms with Crippen molar-refractivity contribution in [2.45, 2.75) is 18.5 Å². The maximum Gasteiger partial charge on any atom is 0.416 e. The lowest BCUT2D eigenvalue weighted by molar-refractivity contribution is -0.137. The molecule has 126 valence electrons. The number of aryl methyl sites for hydroxylation is 1. The SMILES string of the molecule is Cc1cc(N2C(=O)CS[C@H]2c2cccc(C(F)(F)F)c2)ccc1Br. The van der Waals surface area contributed by atoms with Gasteiger partial charge in [0.2, 0.25) is 5.91 Å². The van der Waals surface area contributed by atoms with Gasteiger partial charge in [-0.05, 0) is 48.4 Å². The van der Waals surface area contributed by atoms with Crippen molar-refractivity contribution >= 4 is 39.3 Å². The lowest BCUT2D eigenvalue weighted by atomic mass is 10.1. The van der Waals surface area contributed by atoms with Gasteiger partial charge in [0.15, 0.2) is 0 Å². The van der Waals surface area contributed by atoms with E-state index in [9.17, 15) is 18.0 Å². The molecule has 0 radical (unpaired) electrons. The van der Waals surface area contributed by atoms with Crippen molar-refractivity contribution in [3.05, 3.63) is 63.6 Å². The third-order valence-corrected chi connectivity index (χ3v) is 5.89. The van der Waals surface area contributed by atoms with E-state index < -0.39 is 17.1 Å². The van der Waals surface area contributed by atoms with Crippen LogP contribution in [-0.4, -0.2) is 11.7 Å². The number of hydrogen-bond donors (Lipinski definition) is 0. The van der Waals surface area contributed by atoms with E-state index in [2.05, 4.69) is 15.9 Å². The first-order valence-corrected chi connectivity index (χ1v) is 8.98. The van der Waals surface area contributed by atoms with E-state index in [1.54, 1.807) is 17.0 Å².